The third-order valence-electron chi connectivity index (χ3n) is 4.97. The molecule has 1 rings (SSSR count). The molecule has 0 aromatic rings. The highest BCUT2D eigenvalue weighted by atomic mass is 16.4. The van der Waals surface area contributed by atoms with Gasteiger partial charge in [0.1, 0.15) is 6.04 Å². The van der Waals surface area contributed by atoms with E-state index >= 15 is 0 Å². The standard InChI is InChI=1S/C19H31NO3.C2H6O/c1-5-7-8-9-16-14(4)10-11-15(16)12-17(21)20-18(19(22)23)13(3)6-2;1-3-2/h7-8,13,15-16,18H,4-6,9-12H2,1-3H3,(H,20,21)(H,22,23);1-2H3/b8-7-;. The molecule has 0 radical (unpaired) electrons. The van der Waals surface area contributed by atoms with Crippen LogP contribution in [-0.2, 0) is 14.3 Å². The second-order valence-electron chi connectivity index (χ2n) is 7.06. The largest absolute Gasteiger partial charge is 0.480 e. The lowest BCUT2D eigenvalue weighted by Crippen LogP contribution is -2.45. The van der Waals surface area contributed by atoms with Crippen LogP contribution in [0.5, 0.6) is 0 Å². The molecule has 26 heavy (non-hydrogen) atoms. The van der Waals surface area contributed by atoms with E-state index in [4.69, 9.17) is 0 Å². The smallest absolute Gasteiger partial charge is 0.326 e. The maximum Gasteiger partial charge on any atom is 0.326 e. The molecule has 0 heterocycles. The topological polar surface area (TPSA) is 75.6 Å². The number of carbonyl (C=O) groups excluding carboxylic acids is 1. The number of rotatable bonds is 9. The number of carbonyl (C=O) groups is 2. The van der Waals surface area contributed by atoms with Gasteiger partial charge in [0, 0.05) is 20.6 Å². The number of carboxylic acids is 1. The summed E-state index contributed by atoms with van der Waals surface area (Å²) in [6.07, 6.45) is 9.31. The van der Waals surface area contributed by atoms with E-state index in [0.717, 1.165) is 32.1 Å². The Morgan fingerprint density at radius 2 is 1.96 bits per heavy atom. The number of hydrogen-bond acceptors (Lipinski definition) is 3. The number of hydrogen-bond donors (Lipinski definition) is 2. The summed E-state index contributed by atoms with van der Waals surface area (Å²) in [6.45, 7) is 10.0. The Kier molecular flexibility index (Phi) is 12.7. The zero-order valence-corrected chi connectivity index (χ0v) is 17.1. The molecule has 1 amide bonds. The quantitative estimate of drug-likeness (QED) is 0.599. The molecule has 1 aliphatic carbocycles. The van der Waals surface area contributed by atoms with Crippen LogP contribution >= 0.6 is 0 Å². The Hall–Kier alpha value is -1.62. The Bertz CT molecular complexity index is 473. The van der Waals surface area contributed by atoms with Crippen molar-refractivity contribution >= 4 is 11.9 Å². The summed E-state index contributed by atoms with van der Waals surface area (Å²) in [5.41, 5.74) is 1.22. The molecule has 0 spiro atoms. The highest BCUT2D eigenvalue weighted by molar-refractivity contribution is 5.83. The number of aliphatic carboxylic acids is 1. The van der Waals surface area contributed by atoms with Crippen molar-refractivity contribution in [3.63, 3.8) is 0 Å². The Morgan fingerprint density at radius 1 is 1.35 bits per heavy atom. The summed E-state index contributed by atoms with van der Waals surface area (Å²) in [6, 6.07) is -0.796. The first-order valence-electron chi connectivity index (χ1n) is 9.57. The molecule has 4 atom stereocenters. The molecule has 2 N–H and O–H groups in total. The first-order chi connectivity index (χ1) is 12.3. The third-order valence-corrected chi connectivity index (χ3v) is 4.97. The van der Waals surface area contributed by atoms with Crippen molar-refractivity contribution in [2.24, 2.45) is 17.8 Å². The van der Waals surface area contributed by atoms with Crippen LogP contribution < -0.4 is 5.32 Å². The van der Waals surface area contributed by atoms with E-state index in [1.54, 1.807) is 14.2 Å². The van der Waals surface area contributed by atoms with Gasteiger partial charge < -0.3 is 15.2 Å². The van der Waals surface area contributed by atoms with Crippen LogP contribution in [0.2, 0.25) is 0 Å². The van der Waals surface area contributed by atoms with Gasteiger partial charge in [-0.2, -0.15) is 0 Å². The van der Waals surface area contributed by atoms with E-state index in [1.807, 2.05) is 13.8 Å². The maximum atomic E-state index is 12.3. The Labute approximate surface area is 158 Å². The van der Waals surface area contributed by atoms with Crippen LogP contribution in [-0.4, -0.2) is 37.2 Å². The first-order valence-corrected chi connectivity index (χ1v) is 9.57. The molecule has 1 aliphatic rings. The molecule has 0 saturated heterocycles. The van der Waals surface area contributed by atoms with Crippen molar-refractivity contribution in [2.75, 3.05) is 14.2 Å². The summed E-state index contributed by atoms with van der Waals surface area (Å²) >= 11 is 0. The van der Waals surface area contributed by atoms with E-state index in [1.165, 1.54) is 5.57 Å². The second-order valence-corrected chi connectivity index (χ2v) is 7.06. The zero-order valence-electron chi connectivity index (χ0n) is 17.1. The molecule has 1 saturated carbocycles. The molecule has 0 aromatic carbocycles. The van der Waals surface area contributed by atoms with Crippen LogP contribution in [0.1, 0.15) is 59.3 Å². The number of carboxylic acid groups (broad SMARTS) is 1. The lowest BCUT2D eigenvalue weighted by atomic mass is 9.87. The van der Waals surface area contributed by atoms with Gasteiger partial charge in [-0.3, -0.25) is 4.79 Å². The number of methoxy groups -OCH3 is 1. The van der Waals surface area contributed by atoms with Gasteiger partial charge in [0.15, 0.2) is 0 Å². The Morgan fingerprint density at radius 3 is 2.46 bits per heavy atom. The minimum absolute atomic E-state index is 0.0710. The predicted octanol–water partition coefficient (Wildman–Crippen LogP) is 4.19. The molecule has 0 aliphatic heterocycles. The highest BCUT2D eigenvalue weighted by Gasteiger charge is 2.32. The molecular weight excluding hydrogens is 330 g/mol. The monoisotopic (exact) mass is 367 g/mol. The molecule has 4 unspecified atom stereocenters. The fraction of sp³-hybridized carbons (Fsp3) is 0.714. The minimum atomic E-state index is -0.953. The number of ether oxygens (including phenoxy) is 1. The average molecular weight is 368 g/mol. The SMILES string of the molecule is C=C1CCC(CC(=O)NC(C(=O)O)C(C)CC)C1C/C=C\CC.COC. The lowest BCUT2D eigenvalue weighted by molar-refractivity contribution is -0.143. The van der Waals surface area contributed by atoms with Crippen molar-refractivity contribution in [1.82, 2.24) is 5.32 Å². The fourth-order valence-electron chi connectivity index (χ4n) is 3.26. The van der Waals surface area contributed by atoms with Crippen molar-refractivity contribution in [3.05, 3.63) is 24.3 Å². The number of nitrogens with one attached hydrogen (secondary N) is 1. The highest BCUT2D eigenvalue weighted by Crippen LogP contribution is 2.40. The minimum Gasteiger partial charge on any atom is -0.480 e. The zero-order chi connectivity index (χ0) is 20.1. The van der Waals surface area contributed by atoms with Gasteiger partial charge in [0.05, 0.1) is 0 Å². The predicted molar refractivity (Wildman–Crippen MR) is 106 cm³/mol. The maximum absolute atomic E-state index is 12.3. The van der Waals surface area contributed by atoms with Crippen LogP contribution in [0, 0.1) is 17.8 Å². The molecule has 0 bridgehead atoms. The summed E-state index contributed by atoms with van der Waals surface area (Å²) < 4.78 is 4.25. The van der Waals surface area contributed by atoms with E-state index in [0.29, 0.717) is 12.3 Å². The van der Waals surface area contributed by atoms with Gasteiger partial charge in [0.25, 0.3) is 0 Å². The fourth-order valence-corrected chi connectivity index (χ4v) is 3.26. The van der Waals surface area contributed by atoms with Crippen molar-refractivity contribution in [3.8, 4) is 0 Å². The van der Waals surface area contributed by atoms with Crippen LogP contribution in [0.3, 0.4) is 0 Å². The van der Waals surface area contributed by atoms with Gasteiger partial charge in [-0.25, -0.2) is 4.79 Å². The number of amides is 1. The van der Waals surface area contributed by atoms with Gasteiger partial charge in [0.2, 0.25) is 5.91 Å². The van der Waals surface area contributed by atoms with Crippen LogP contribution in [0.25, 0.3) is 0 Å². The van der Waals surface area contributed by atoms with Crippen molar-refractivity contribution in [2.45, 2.75) is 65.3 Å². The van der Waals surface area contributed by atoms with E-state index in [9.17, 15) is 14.7 Å². The third kappa shape index (κ3) is 8.65. The normalized spacial score (nSPS) is 21.8. The molecule has 150 valence electrons. The molecule has 5 heteroatoms. The lowest BCUT2D eigenvalue weighted by Gasteiger charge is -2.23. The van der Waals surface area contributed by atoms with Gasteiger partial charge in [-0.15, -0.1) is 0 Å². The molecule has 0 aromatic heterocycles. The van der Waals surface area contributed by atoms with Gasteiger partial charge >= 0.3 is 5.97 Å². The van der Waals surface area contributed by atoms with Crippen LogP contribution in [0.4, 0.5) is 0 Å². The van der Waals surface area contributed by atoms with Crippen molar-refractivity contribution in [1.29, 1.82) is 0 Å². The molecule has 1 fully saturated rings. The van der Waals surface area contributed by atoms with E-state index in [2.05, 4.69) is 35.7 Å². The number of allylic oxidation sites excluding steroid dienone is 3. The van der Waals surface area contributed by atoms with E-state index < -0.39 is 12.0 Å². The van der Waals surface area contributed by atoms with Gasteiger partial charge in [-0.1, -0.05) is 51.5 Å². The molecule has 5 nitrogen and oxygen atoms in total. The van der Waals surface area contributed by atoms with Gasteiger partial charge in [-0.05, 0) is 43.4 Å². The molecular formula is C21H37NO4. The van der Waals surface area contributed by atoms with E-state index in [-0.39, 0.29) is 17.7 Å². The summed E-state index contributed by atoms with van der Waals surface area (Å²) in [4.78, 5) is 23.6. The summed E-state index contributed by atoms with van der Waals surface area (Å²) in [5, 5.41) is 12.0. The summed E-state index contributed by atoms with van der Waals surface area (Å²) in [5.74, 6) is -0.558. The van der Waals surface area contributed by atoms with Crippen LogP contribution in [0.15, 0.2) is 24.3 Å². The average Bonchev–Trinajstić information content (AvgIpc) is 2.93. The first kappa shape index (κ1) is 24.4. The van der Waals surface area contributed by atoms with Crippen molar-refractivity contribution < 1.29 is 19.4 Å². The Balaban J connectivity index is 0.00000194. The second kappa shape index (κ2) is 13.6. The summed E-state index contributed by atoms with van der Waals surface area (Å²) in [7, 11) is 3.25.